The molecule has 6 heteroatoms. The minimum atomic E-state index is -1.07. The zero-order valence-corrected chi connectivity index (χ0v) is 9.47. The molecule has 6 nitrogen and oxygen atoms in total. The van der Waals surface area contributed by atoms with E-state index in [2.05, 4.69) is 11.9 Å². The molecule has 0 radical (unpaired) electrons. The molecular formula is C12H11N3O3. The first-order chi connectivity index (χ1) is 8.61. The van der Waals surface area contributed by atoms with Crippen LogP contribution in [0.15, 0.2) is 30.5 Å². The maximum Gasteiger partial charge on any atom is 0.240 e. The van der Waals surface area contributed by atoms with Crippen LogP contribution in [0.25, 0.3) is 0 Å². The van der Waals surface area contributed by atoms with Crippen LogP contribution in [-0.2, 0) is 4.79 Å². The number of nitriles is 1. The number of carbonyl (C=O) groups excluding carboxylic acids is 1. The normalized spacial score (nSPS) is 13.5. The molecule has 1 atom stereocenters. The fourth-order valence-electron chi connectivity index (χ4n) is 1.55. The number of rotatable bonds is 4. The van der Waals surface area contributed by atoms with Crippen LogP contribution in [-0.4, -0.2) is 12.7 Å². The van der Waals surface area contributed by atoms with E-state index in [1.165, 1.54) is 0 Å². The fraction of sp³-hybridized carbons (Fsp3) is 0.167. The van der Waals surface area contributed by atoms with Gasteiger partial charge in [-0.25, -0.2) is 0 Å². The van der Waals surface area contributed by atoms with E-state index in [4.69, 9.17) is 20.5 Å². The minimum absolute atomic E-state index is 0.182. The van der Waals surface area contributed by atoms with Crippen molar-refractivity contribution in [2.75, 3.05) is 12.1 Å². The molecule has 2 rings (SSSR count). The number of carbonyl (C=O) groups is 1. The number of nitrogens with two attached hydrogens (primary N) is 1. The number of primary amides is 1. The van der Waals surface area contributed by atoms with Gasteiger partial charge in [0.15, 0.2) is 17.4 Å². The number of fused-ring (bicyclic) bond motifs is 1. The van der Waals surface area contributed by atoms with Crippen LogP contribution in [0.5, 0.6) is 11.5 Å². The highest BCUT2D eigenvalue weighted by Crippen LogP contribution is 2.34. The van der Waals surface area contributed by atoms with Crippen LogP contribution in [0.3, 0.4) is 0 Å². The van der Waals surface area contributed by atoms with E-state index in [1.54, 1.807) is 24.3 Å². The second-order valence-corrected chi connectivity index (χ2v) is 3.68. The van der Waals surface area contributed by atoms with Gasteiger partial charge in [0.1, 0.15) is 0 Å². The van der Waals surface area contributed by atoms with E-state index in [0.29, 0.717) is 17.2 Å². The Labute approximate surface area is 104 Å². The van der Waals surface area contributed by atoms with Crippen molar-refractivity contribution in [2.24, 2.45) is 11.7 Å². The summed E-state index contributed by atoms with van der Waals surface area (Å²) < 4.78 is 10.4. The molecule has 1 aliphatic rings. The average Bonchev–Trinajstić information content (AvgIpc) is 2.76. The Morgan fingerprint density at radius 3 is 2.89 bits per heavy atom. The number of hydrogen-bond acceptors (Lipinski definition) is 5. The van der Waals surface area contributed by atoms with Gasteiger partial charge >= 0.3 is 0 Å². The lowest BCUT2D eigenvalue weighted by Crippen LogP contribution is -2.26. The maximum atomic E-state index is 11.0. The van der Waals surface area contributed by atoms with Crippen molar-refractivity contribution in [3.05, 3.63) is 30.5 Å². The summed E-state index contributed by atoms with van der Waals surface area (Å²) >= 11 is 0. The monoisotopic (exact) mass is 245 g/mol. The van der Waals surface area contributed by atoms with E-state index < -0.39 is 11.8 Å². The molecule has 1 aliphatic heterocycles. The molecule has 0 aliphatic carbocycles. The summed E-state index contributed by atoms with van der Waals surface area (Å²) in [4.78, 5) is 11.0. The summed E-state index contributed by atoms with van der Waals surface area (Å²) in [5.41, 5.74) is 5.96. The molecule has 0 aromatic heterocycles. The van der Waals surface area contributed by atoms with E-state index in [1.807, 2.05) is 0 Å². The Kier molecular flexibility index (Phi) is 3.06. The Balaban J connectivity index is 2.13. The Morgan fingerprint density at radius 1 is 1.50 bits per heavy atom. The number of hydrogen-bond donors (Lipinski definition) is 2. The molecule has 0 bridgehead atoms. The van der Waals surface area contributed by atoms with Crippen molar-refractivity contribution in [2.45, 2.75) is 0 Å². The molecule has 0 unspecified atom stereocenters. The summed E-state index contributed by atoms with van der Waals surface area (Å²) in [5.74, 6) is -0.565. The van der Waals surface area contributed by atoms with Crippen LogP contribution in [0.1, 0.15) is 0 Å². The van der Waals surface area contributed by atoms with Crippen molar-refractivity contribution >= 4 is 11.6 Å². The second kappa shape index (κ2) is 4.67. The quantitative estimate of drug-likeness (QED) is 0.823. The lowest BCUT2D eigenvalue weighted by Gasteiger charge is -2.12. The van der Waals surface area contributed by atoms with Crippen LogP contribution < -0.4 is 20.5 Å². The minimum Gasteiger partial charge on any atom is -0.454 e. The molecule has 0 saturated heterocycles. The van der Waals surface area contributed by atoms with E-state index >= 15 is 0 Å². The van der Waals surface area contributed by atoms with E-state index in [0.717, 1.165) is 0 Å². The molecular weight excluding hydrogens is 234 g/mol. The van der Waals surface area contributed by atoms with Crippen LogP contribution in [0, 0.1) is 17.2 Å². The number of benzene rings is 1. The lowest BCUT2D eigenvalue weighted by atomic mass is 10.1. The number of anilines is 1. The van der Waals surface area contributed by atoms with Gasteiger partial charge in [-0.05, 0) is 12.1 Å². The first-order valence-corrected chi connectivity index (χ1v) is 5.16. The molecule has 0 spiro atoms. The van der Waals surface area contributed by atoms with Crippen LogP contribution in [0.4, 0.5) is 5.69 Å². The molecule has 1 amide bonds. The van der Waals surface area contributed by atoms with Crippen molar-refractivity contribution in [1.29, 1.82) is 5.26 Å². The third kappa shape index (κ3) is 2.20. The molecule has 18 heavy (non-hydrogen) atoms. The SMILES string of the molecule is C=C(Nc1ccc2c(c1)OCO2)[C@H](C#N)C(N)=O. The third-order valence-electron chi connectivity index (χ3n) is 2.44. The first kappa shape index (κ1) is 11.8. The zero-order valence-electron chi connectivity index (χ0n) is 9.47. The topological polar surface area (TPSA) is 97.4 Å². The standard InChI is InChI=1S/C12H11N3O3/c1-7(9(5-13)12(14)16)15-8-2-3-10-11(4-8)18-6-17-10/h2-4,9,15H,1,6H2,(H2,14,16)/t9-/m0/s1. The van der Waals surface area contributed by atoms with Gasteiger partial charge in [0.2, 0.25) is 12.7 Å². The Bertz CT molecular complexity index is 548. The molecule has 1 heterocycles. The van der Waals surface area contributed by atoms with Gasteiger partial charge in [0.25, 0.3) is 0 Å². The number of nitrogens with zero attached hydrogens (tertiary/aromatic N) is 1. The lowest BCUT2D eigenvalue weighted by molar-refractivity contribution is -0.119. The van der Waals surface area contributed by atoms with E-state index in [9.17, 15) is 4.79 Å². The van der Waals surface area contributed by atoms with Crippen LogP contribution >= 0.6 is 0 Å². The van der Waals surface area contributed by atoms with Gasteiger partial charge in [0.05, 0.1) is 6.07 Å². The highest BCUT2D eigenvalue weighted by atomic mass is 16.7. The number of nitrogens with one attached hydrogen (secondary N) is 1. The molecule has 1 aromatic carbocycles. The molecule has 0 fully saturated rings. The average molecular weight is 245 g/mol. The second-order valence-electron chi connectivity index (χ2n) is 3.68. The van der Waals surface area contributed by atoms with Crippen LogP contribution in [0.2, 0.25) is 0 Å². The smallest absolute Gasteiger partial charge is 0.240 e. The van der Waals surface area contributed by atoms with Crippen molar-refractivity contribution < 1.29 is 14.3 Å². The molecule has 1 aromatic rings. The third-order valence-corrected chi connectivity index (χ3v) is 2.44. The molecule has 3 N–H and O–H groups in total. The van der Waals surface area contributed by atoms with Crippen molar-refractivity contribution in [3.8, 4) is 17.6 Å². The Hall–Kier alpha value is -2.68. The van der Waals surface area contributed by atoms with Gasteiger partial charge in [-0.3, -0.25) is 4.79 Å². The highest BCUT2D eigenvalue weighted by molar-refractivity contribution is 5.83. The summed E-state index contributed by atoms with van der Waals surface area (Å²) in [6.07, 6.45) is 0. The van der Waals surface area contributed by atoms with Crippen molar-refractivity contribution in [1.82, 2.24) is 0 Å². The van der Waals surface area contributed by atoms with Crippen molar-refractivity contribution in [3.63, 3.8) is 0 Å². The van der Waals surface area contributed by atoms with Gasteiger partial charge in [0, 0.05) is 17.5 Å². The van der Waals surface area contributed by atoms with Gasteiger partial charge in [-0.15, -0.1) is 0 Å². The summed E-state index contributed by atoms with van der Waals surface area (Å²) in [7, 11) is 0. The Morgan fingerprint density at radius 2 is 2.22 bits per heavy atom. The molecule has 92 valence electrons. The maximum absolute atomic E-state index is 11.0. The zero-order chi connectivity index (χ0) is 13.1. The van der Waals surface area contributed by atoms with E-state index in [-0.39, 0.29) is 12.5 Å². The van der Waals surface area contributed by atoms with Gasteiger partial charge in [-0.1, -0.05) is 6.58 Å². The summed E-state index contributed by atoms with van der Waals surface area (Å²) in [6, 6.07) is 6.93. The fourth-order valence-corrected chi connectivity index (χ4v) is 1.55. The highest BCUT2D eigenvalue weighted by Gasteiger charge is 2.19. The van der Waals surface area contributed by atoms with Gasteiger partial charge < -0.3 is 20.5 Å². The number of ether oxygens (including phenoxy) is 2. The predicted molar refractivity (Wildman–Crippen MR) is 63.6 cm³/mol. The largest absolute Gasteiger partial charge is 0.454 e. The summed E-state index contributed by atoms with van der Waals surface area (Å²) in [6.45, 7) is 3.81. The molecule has 0 saturated carbocycles. The first-order valence-electron chi connectivity index (χ1n) is 5.16. The predicted octanol–water partition coefficient (Wildman–Crippen LogP) is 0.966. The number of amides is 1. The van der Waals surface area contributed by atoms with Gasteiger partial charge in [-0.2, -0.15) is 5.26 Å². The summed E-state index contributed by atoms with van der Waals surface area (Å²) in [5, 5.41) is 11.7.